The van der Waals surface area contributed by atoms with Crippen molar-refractivity contribution in [1.29, 1.82) is 0 Å². The van der Waals surface area contributed by atoms with E-state index in [-0.39, 0.29) is 5.91 Å². The molecule has 3 aromatic rings. The maximum atomic E-state index is 12.2. The molecule has 0 bridgehead atoms. The third-order valence-electron chi connectivity index (χ3n) is 3.14. The summed E-state index contributed by atoms with van der Waals surface area (Å²) in [6.07, 6.45) is 1.65. The highest BCUT2D eigenvalue weighted by atomic mass is 16.1. The number of nitrogens with two attached hydrogens (primary N) is 1. The van der Waals surface area contributed by atoms with Crippen LogP contribution in [0, 0.1) is 6.92 Å². The standard InChI is InChI=1S/C16H14N4O/c1-10-9-12(7-8-18-10)19-16(21)14-6-5-11-3-2-4-13(17)15(11)20-14/h2-9H,17H2,1H3,(H,18,19,21). The number of para-hydroxylation sites is 1. The average molecular weight is 278 g/mol. The minimum Gasteiger partial charge on any atom is -0.397 e. The molecule has 0 fully saturated rings. The number of fused-ring (bicyclic) bond motifs is 1. The first-order valence-electron chi connectivity index (χ1n) is 6.53. The minimum absolute atomic E-state index is 0.272. The van der Waals surface area contributed by atoms with E-state index in [1.807, 2.05) is 25.1 Å². The van der Waals surface area contributed by atoms with Gasteiger partial charge in [0, 0.05) is 23.0 Å². The number of benzene rings is 1. The zero-order valence-corrected chi connectivity index (χ0v) is 11.5. The SMILES string of the molecule is Cc1cc(NC(=O)c2ccc3cccc(N)c3n2)ccn1. The number of nitrogen functional groups attached to an aromatic ring is 1. The summed E-state index contributed by atoms with van der Waals surface area (Å²) in [5, 5.41) is 3.71. The van der Waals surface area contributed by atoms with Gasteiger partial charge in [0.05, 0.1) is 11.2 Å². The Balaban J connectivity index is 1.93. The quantitative estimate of drug-likeness (QED) is 0.706. The number of nitrogens with one attached hydrogen (secondary N) is 1. The van der Waals surface area contributed by atoms with E-state index < -0.39 is 0 Å². The molecule has 5 heteroatoms. The molecule has 0 saturated heterocycles. The summed E-state index contributed by atoms with van der Waals surface area (Å²) >= 11 is 0. The Morgan fingerprint density at radius 3 is 2.86 bits per heavy atom. The Morgan fingerprint density at radius 1 is 1.19 bits per heavy atom. The van der Waals surface area contributed by atoms with Gasteiger partial charge in [0.25, 0.3) is 5.91 Å². The fourth-order valence-electron chi connectivity index (χ4n) is 2.11. The number of pyridine rings is 2. The zero-order chi connectivity index (χ0) is 14.8. The molecule has 0 unspecified atom stereocenters. The van der Waals surface area contributed by atoms with Gasteiger partial charge in [-0.25, -0.2) is 4.98 Å². The van der Waals surface area contributed by atoms with Crippen molar-refractivity contribution in [1.82, 2.24) is 9.97 Å². The lowest BCUT2D eigenvalue weighted by atomic mass is 10.1. The van der Waals surface area contributed by atoms with Crippen LogP contribution in [0.15, 0.2) is 48.7 Å². The number of anilines is 2. The van der Waals surface area contributed by atoms with Crippen LogP contribution in [-0.4, -0.2) is 15.9 Å². The van der Waals surface area contributed by atoms with Crippen LogP contribution in [0.3, 0.4) is 0 Å². The number of aromatic nitrogens is 2. The van der Waals surface area contributed by atoms with Gasteiger partial charge in [0.15, 0.2) is 0 Å². The van der Waals surface area contributed by atoms with Crippen LogP contribution >= 0.6 is 0 Å². The van der Waals surface area contributed by atoms with Crippen LogP contribution in [0.2, 0.25) is 0 Å². The maximum Gasteiger partial charge on any atom is 0.274 e. The predicted molar refractivity (Wildman–Crippen MR) is 83.1 cm³/mol. The molecule has 0 aliphatic carbocycles. The van der Waals surface area contributed by atoms with Crippen LogP contribution in [0.5, 0.6) is 0 Å². The second kappa shape index (κ2) is 5.20. The highest BCUT2D eigenvalue weighted by Gasteiger charge is 2.10. The van der Waals surface area contributed by atoms with Gasteiger partial charge < -0.3 is 11.1 Å². The molecule has 0 atom stereocenters. The molecule has 104 valence electrons. The van der Waals surface area contributed by atoms with Crippen molar-refractivity contribution in [2.45, 2.75) is 6.92 Å². The average Bonchev–Trinajstić information content (AvgIpc) is 2.47. The molecule has 0 aliphatic rings. The summed E-state index contributed by atoms with van der Waals surface area (Å²) < 4.78 is 0. The van der Waals surface area contributed by atoms with Crippen molar-refractivity contribution in [3.05, 3.63) is 60.0 Å². The van der Waals surface area contributed by atoms with Gasteiger partial charge in [-0.3, -0.25) is 9.78 Å². The number of hydrogen-bond acceptors (Lipinski definition) is 4. The molecule has 3 N–H and O–H groups in total. The first-order valence-corrected chi connectivity index (χ1v) is 6.53. The Morgan fingerprint density at radius 2 is 2.05 bits per heavy atom. The van der Waals surface area contributed by atoms with E-state index in [0.29, 0.717) is 22.6 Å². The molecule has 5 nitrogen and oxygen atoms in total. The molecule has 3 rings (SSSR count). The molecule has 2 heterocycles. The van der Waals surface area contributed by atoms with Crippen molar-refractivity contribution in [2.75, 3.05) is 11.1 Å². The molecular formula is C16H14N4O. The molecule has 1 amide bonds. The summed E-state index contributed by atoms with van der Waals surface area (Å²) in [4.78, 5) is 20.7. The Hall–Kier alpha value is -2.95. The normalized spacial score (nSPS) is 10.5. The number of carbonyl (C=O) groups is 1. The van der Waals surface area contributed by atoms with E-state index in [1.165, 1.54) is 0 Å². The van der Waals surface area contributed by atoms with Gasteiger partial charge in [-0.1, -0.05) is 18.2 Å². The molecule has 0 radical (unpaired) electrons. The van der Waals surface area contributed by atoms with E-state index >= 15 is 0 Å². The number of nitrogens with zero attached hydrogens (tertiary/aromatic N) is 2. The zero-order valence-electron chi connectivity index (χ0n) is 11.5. The van der Waals surface area contributed by atoms with Crippen LogP contribution in [0.25, 0.3) is 10.9 Å². The highest BCUT2D eigenvalue weighted by Crippen LogP contribution is 2.19. The van der Waals surface area contributed by atoms with Crippen LogP contribution < -0.4 is 11.1 Å². The number of aryl methyl sites for hydroxylation is 1. The molecular weight excluding hydrogens is 264 g/mol. The van der Waals surface area contributed by atoms with Gasteiger partial charge in [-0.15, -0.1) is 0 Å². The largest absolute Gasteiger partial charge is 0.397 e. The Labute approximate surface area is 121 Å². The predicted octanol–water partition coefficient (Wildman–Crippen LogP) is 2.77. The number of hydrogen-bond donors (Lipinski definition) is 2. The lowest BCUT2D eigenvalue weighted by Gasteiger charge is -2.07. The fourth-order valence-corrected chi connectivity index (χ4v) is 2.11. The fraction of sp³-hybridized carbons (Fsp3) is 0.0625. The van der Waals surface area contributed by atoms with Crippen molar-refractivity contribution in [3.8, 4) is 0 Å². The van der Waals surface area contributed by atoms with E-state index in [2.05, 4.69) is 15.3 Å². The molecule has 2 aromatic heterocycles. The van der Waals surface area contributed by atoms with Crippen molar-refractivity contribution in [3.63, 3.8) is 0 Å². The lowest BCUT2D eigenvalue weighted by molar-refractivity contribution is 0.102. The third-order valence-corrected chi connectivity index (χ3v) is 3.14. The summed E-state index contributed by atoms with van der Waals surface area (Å²) in [6, 6.07) is 12.6. The monoisotopic (exact) mass is 278 g/mol. The number of carbonyl (C=O) groups excluding carboxylic acids is 1. The number of rotatable bonds is 2. The topological polar surface area (TPSA) is 80.9 Å². The highest BCUT2D eigenvalue weighted by molar-refractivity contribution is 6.04. The molecule has 0 aliphatic heterocycles. The minimum atomic E-state index is -0.272. The second-order valence-electron chi connectivity index (χ2n) is 4.76. The maximum absolute atomic E-state index is 12.2. The summed E-state index contributed by atoms with van der Waals surface area (Å²) in [5.41, 5.74) is 8.94. The Kier molecular flexibility index (Phi) is 3.23. The Bertz CT molecular complexity index is 829. The van der Waals surface area contributed by atoms with E-state index in [9.17, 15) is 4.79 Å². The van der Waals surface area contributed by atoms with Gasteiger partial charge in [-0.05, 0) is 31.2 Å². The number of amides is 1. The van der Waals surface area contributed by atoms with E-state index in [0.717, 1.165) is 11.1 Å². The molecule has 1 aromatic carbocycles. The first-order chi connectivity index (χ1) is 10.1. The van der Waals surface area contributed by atoms with Gasteiger partial charge in [0.1, 0.15) is 5.69 Å². The van der Waals surface area contributed by atoms with E-state index in [4.69, 9.17) is 5.73 Å². The lowest BCUT2D eigenvalue weighted by Crippen LogP contribution is -2.14. The van der Waals surface area contributed by atoms with E-state index in [1.54, 1.807) is 30.5 Å². The third kappa shape index (κ3) is 2.67. The van der Waals surface area contributed by atoms with Crippen LogP contribution in [-0.2, 0) is 0 Å². The van der Waals surface area contributed by atoms with Gasteiger partial charge in [-0.2, -0.15) is 0 Å². The van der Waals surface area contributed by atoms with Crippen molar-refractivity contribution < 1.29 is 4.79 Å². The summed E-state index contributed by atoms with van der Waals surface area (Å²) in [6.45, 7) is 1.87. The van der Waals surface area contributed by atoms with Crippen molar-refractivity contribution in [2.24, 2.45) is 0 Å². The van der Waals surface area contributed by atoms with Crippen molar-refractivity contribution >= 4 is 28.2 Å². The smallest absolute Gasteiger partial charge is 0.274 e. The van der Waals surface area contributed by atoms with Crippen LogP contribution in [0.4, 0.5) is 11.4 Å². The summed E-state index contributed by atoms with van der Waals surface area (Å²) in [5.74, 6) is -0.272. The molecule has 21 heavy (non-hydrogen) atoms. The molecule has 0 spiro atoms. The first kappa shape index (κ1) is 13.1. The van der Waals surface area contributed by atoms with Gasteiger partial charge >= 0.3 is 0 Å². The van der Waals surface area contributed by atoms with Gasteiger partial charge in [0.2, 0.25) is 0 Å². The summed E-state index contributed by atoms with van der Waals surface area (Å²) in [7, 11) is 0. The second-order valence-corrected chi connectivity index (χ2v) is 4.76. The van der Waals surface area contributed by atoms with Crippen LogP contribution in [0.1, 0.15) is 16.2 Å². The molecule has 0 saturated carbocycles.